The summed E-state index contributed by atoms with van der Waals surface area (Å²) in [5.41, 5.74) is 0. The number of benzene rings is 1. The van der Waals surface area contributed by atoms with Crippen LogP contribution in [0.3, 0.4) is 0 Å². The molecule has 4 unspecified atom stereocenters. The maximum absolute atomic E-state index is 12.3. The summed E-state index contributed by atoms with van der Waals surface area (Å²) in [6.45, 7) is 0.653. The van der Waals surface area contributed by atoms with Gasteiger partial charge in [0.1, 0.15) is 5.75 Å². The molecule has 1 aromatic rings. The summed E-state index contributed by atoms with van der Waals surface area (Å²) in [5, 5.41) is 11.8. The molecule has 0 aliphatic carbocycles. The van der Waals surface area contributed by atoms with Gasteiger partial charge in [0.2, 0.25) is 5.91 Å². The third-order valence-electron chi connectivity index (χ3n) is 5.89. The van der Waals surface area contributed by atoms with Crippen LogP contribution in [-0.4, -0.2) is 48.6 Å². The smallest absolute Gasteiger partial charge is 0.303 e. The van der Waals surface area contributed by atoms with Gasteiger partial charge in [-0.2, -0.15) is 0 Å². The molecule has 164 valence electrons. The topological polar surface area (TPSA) is 84.9 Å². The Bertz CT molecular complexity index is 736. The van der Waals surface area contributed by atoms with Crippen molar-refractivity contribution in [1.82, 2.24) is 5.32 Å². The van der Waals surface area contributed by atoms with Crippen molar-refractivity contribution in [3.05, 3.63) is 36.4 Å². The van der Waals surface area contributed by atoms with Crippen LogP contribution < -0.4 is 10.1 Å². The number of rotatable bonds is 12. The van der Waals surface area contributed by atoms with E-state index in [4.69, 9.17) is 14.6 Å². The quantitative estimate of drug-likeness (QED) is 0.295. The van der Waals surface area contributed by atoms with Crippen molar-refractivity contribution in [1.29, 1.82) is 0 Å². The number of fused-ring (bicyclic) bond motifs is 2. The highest BCUT2D eigenvalue weighted by Gasteiger charge is 2.47. The first kappa shape index (κ1) is 22.7. The fourth-order valence-electron chi connectivity index (χ4n) is 4.33. The van der Waals surface area contributed by atoms with E-state index in [0.717, 1.165) is 36.3 Å². The lowest BCUT2D eigenvalue weighted by molar-refractivity contribution is -0.137. The molecule has 2 aliphatic heterocycles. The number of carboxylic acid groups (broad SMARTS) is 1. The molecule has 2 heterocycles. The number of carbonyl (C=O) groups excluding carboxylic acids is 1. The molecular weight excluding hydrogens is 402 g/mol. The standard InChI is InChI=1S/C23H31NO5S/c1-28-16-8-10-17(11-9-16)30-15-22(25)24-14-19-18(20-12-13-21(19)29-20)6-4-2-3-5-7-23(26)27/h2,4,8-11,18-21H,3,5-7,12-15H2,1H3,(H,24,25)(H,26,27)/b4-2+. The summed E-state index contributed by atoms with van der Waals surface area (Å²) in [7, 11) is 1.64. The van der Waals surface area contributed by atoms with Crippen molar-refractivity contribution in [3.8, 4) is 5.75 Å². The van der Waals surface area contributed by atoms with E-state index >= 15 is 0 Å². The molecule has 2 aliphatic rings. The van der Waals surface area contributed by atoms with Gasteiger partial charge < -0.3 is 19.9 Å². The fourth-order valence-corrected chi connectivity index (χ4v) is 5.05. The molecule has 4 atom stereocenters. The van der Waals surface area contributed by atoms with Crippen LogP contribution in [0.5, 0.6) is 5.75 Å². The van der Waals surface area contributed by atoms with Crippen LogP contribution in [0.2, 0.25) is 0 Å². The maximum Gasteiger partial charge on any atom is 0.303 e. The number of thioether (sulfide) groups is 1. The van der Waals surface area contributed by atoms with Gasteiger partial charge in [0.05, 0.1) is 25.1 Å². The van der Waals surface area contributed by atoms with E-state index in [9.17, 15) is 9.59 Å². The molecular formula is C23H31NO5S. The van der Waals surface area contributed by atoms with E-state index in [2.05, 4.69) is 17.5 Å². The number of aliphatic carboxylic acids is 1. The molecule has 7 heteroatoms. The van der Waals surface area contributed by atoms with Gasteiger partial charge in [-0.3, -0.25) is 9.59 Å². The lowest BCUT2D eigenvalue weighted by atomic mass is 9.77. The molecule has 1 amide bonds. The normalized spacial score (nSPS) is 25.0. The number of carboxylic acids is 1. The van der Waals surface area contributed by atoms with E-state index in [1.54, 1.807) is 7.11 Å². The Balaban J connectivity index is 1.40. The minimum Gasteiger partial charge on any atom is -0.497 e. The third-order valence-corrected chi connectivity index (χ3v) is 6.90. The van der Waals surface area contributed by atoms with Gasteiger partial charge in [0.15, 0.2) is 0 Å². The van der Waals surface area contributed by atoms with E-state index in [0.29, 0.717) is 30.6 Å². The van der Waals surface area contributed by atoms with Gasteiger partial charge in [-0.1, -0.05) is 12.2 Å². The largest absolute Gasteiger partial charge is 0.497 e. The lowest BCUT2D eigenvalue weighted by Crippen LogP contribution is -2.38. The van der Waals surface area contributed by atoms with E-state index in [-0.39, 0.29) is 24.5 Å². The van der Waals surface area contributed by atoms with Crippen molar-refractivity contribution in [2.75, 3.05) is 19.4 Å². The number of unbranched alkanes of at least 4 members (excludes halogenated alkanes) is 1. The number of hydrogen-bond donors (Lipinski definition) is 2. The van der Waals surface area contributed by atoms with Crippen LogP contribution in [0.25, 0.3) is 0 Å². The molecule has 0 aromatic heterocycles. The van der Waals surface area contributed by atoms with Crippen LogP contribution in [-0.2, 0) is 14.3 Å². The highest BCUT2D eigenvalue weighted by atomic mass is 32.2. The van der Waals surface area contributed by atoms with Gasteiger partial charge in [0, 0.05) is 23.8 Å². The van der Waals surface area contributed by atoms with Crippen molar-refractivity contribution in [2.24, 2.45) is 11.8 Å². The van der Waals surface area contributed by atoms with Crippen molar-refractivity contribution < 1.29 is 24.2 Å². The second-order valence-corrected chi connectivity index (χ2v) is 8.93. The van der Waals surface area contributed by atoms with Gasteiger partial charge in [0.25, 0.3) is 0 Å². The molecule has 2 saturated heterocycles. The maximum atomic E-state index is 12.3. The van der Waals surface area contributed by atoms with Crippen LogP contribution in [0.1, 0.15) is 38.5 Å². The Hall–Kier alpha value is -1.99. The Morgan fingerprint density at radius 2 is 1.93 bits per heavy atom. The third kappa shape index (κ3) is 6.51. The van der Waals surface area contributed by atoms with E-state index in [1.807, 2.05) is 24.3 Å². The molecule has 2 bridgehead atoms. The van der Waals surface area contributed by atoms with E-state index in [1.165, 1.54) is 11.8 Å². The summed E-state index contributed by atoms with van der Waals surface area (Å²) in [6.07, 6.45) is 9.54. The summed E-state index contributed by atoms with van der Waals surface area (Å²) in [4.78, 5) is 23.9. The molecule has 6 nitrogen and oxygen atoms in total. The van der Waals surface area contributed by atoms with Crippen molar-refractivity contribution in [3.63, 3.8) is 0 Å². The first-order chi connectivity index (χ1) is 14.6. The zero-order valence-electron chi connectivity index (χ0n) is 17.4. The highest BCUT2D eigenvalue weighted by molar-refractivity contribution is 8.00. The average molecular weight is 434 g/mol. The Kier molecular flexibility index (Phi) is 8.63. The molecule has 0 radical (unpaired) electrons. The number of ether oxygens (including phenoxy) is 2. The highest BCUT2D eigenvalue weighted by Crippen LogP contribution is 2.44. The first-order valence-electron chi connectivity index (χ1n) is 10.6. The molecule has 2 fully saturated rings. The number of methoxy groups -OCH3 is 1. The molecule has 0 spiro atoms. The Morgan fingerprint density at radius 1 is 1.20 bits per heavy atom. The monoisotopic (exact) mass is 433 g/mol. The fraction of sp³-hybridized carbons (Fsp3) is 0.565. The van der Waals surface area contributed by atoms with Crippen molar-refractivity contribution in [2.45, 2.75) is 55.6 Å². The van der Waals surface area contributed by atoms with Crippen LogP contribution in [0.15, 0.2) is 41.3 Å². The van der Waals surface area contributed by atoms with E-state index < -0.39 is 5.97 Å². The van der Waals surface area contributed by atoms with Crippen LogP contribution in [0.4, 0.5) is 0 Å². The summed E-state index contributed by atoms with van der Waals surface area (Å²) < 4.78 is 11.3. The SMILES string of the molecule is COc1ccc(SCC(=O)NCC2C3CCC(O3)C2C/C=C/CCCC(=O)O)cc1. The minimum absolute atomic E-state index is 0.0431. The number of carbonyl (C=O) groups is 2. The van der Waals surface area contributed by atoms with Crippen LogP contribution in [0, 0.1) is 11.8 Å². The summed E-state index contributed by atoms with van der Waals surface area (Å²) >= 11 is 1.52. The second-order valence-electron chi connectivity index (χ2n) is 7.88. The number of nitrogens with one attached hydrogen (secondary N) is 1. The van der Waals surface area contributed by atoms with Crippen LogP contribution >= 0.6 is 11.8 Å². The molecule has 1 aromatic carbocycles. The summed E-state index contributed by atoms with van der Waals surface area (Å²) in [6, 6.07) is 7.71. The zero-order valence-corrected chi connectivity index (χ0v) is 18.2. The van der Waals surface area contributed by atoms with Gasteiger partial charge in [-0.05, 0) is 62.3 Å². The number of amides is 1. The van der Waals surface area contributed by atoms with Gasteiger partial charge in [-0.15, -0.1) is 11.8 Å². The average Bonchev–Trinajstić information content (AvgIpc) is 3.35. The second kappa shape index (κ2) is 11.4. The predicted octanol–water partition coefficient (Wildman–Crippen LogP) is 3.90. The lowest BCUT2D eigenvalue weighted by Gasteiger charge is -2.27. The molecule has 2 N–H and O–H groups in total. The molecule has 30 heavy (non-hydrogen) atoms. The first-order valence-corrected chi connectivity index (χ1v) is 11.6. The van der Waals surface area contributed by atoms with Crippen molar-refractivity contribution >= 4 is 23.6 Å². The molecule has 3 rings (SSSR count). The summed E-state index contributed by atoms with van der Waals surface area (Å²) in [5.74, 6) is 1.27. The predicted molar refractivity (Wildman–Crippen MR) is 117 cm³/mol. The Morgan fingerprint density at radius 3 is 2.63 bits per heavy atom. The Labute approximate surface area is 182 Å². The minimum atomic E-state index is -0.745. The number of hydrogen-bond acceptors (Lipinski definition) is 5. The molecule has 0 saturated carbocycles. The van der Waals surface area contributed by atoms with Gasteiger partial charge >= 0.3 is 5.97 Å². The zero-order chi connectivity index (χ0) is 21.3. The van der Waals surface area contributed by atoms with Gasteiger partial charge in [-0.25, -0.2) is 0 Å². The number of allylic oxidation sites excluding steroid dienone is 2.